The third kappa shape index (κ3) is 2.75. The molecule has 0 amide bonds. The molecule has 3 N–H and O–H groups in total. The highest BCUT2D eigenvalue weighted by Gasteiger charge is 2.30. The Morgan fingerprint density at radius 2 is 2.00 bits per heavy atom. The van der Waals surface area contributed by atoms with Gasteiger partial charge in [-0.1, -0.05) is 18.2 Å². The molecule has 1 aliphatic heterocycles. The number of anilines is 2. The smallest absolute Gasteiger partial charge is 0.330 e. The Bertz CT molecular complexity index is 956. The number of hydrogen-bond donors (Lipinski definition) is 2. The predicted octanol–water partition coefficient (Wildman–Crippen LogP) is 1.09. The molecule has 0 saturated heterocycles. The fourth-order valence-electron chi connectivity index (χ4n) is 3.56. The van der Waals surface area contributed by atoms with E-state index in [1.54, 1.807) is 0 Å². The van der Waals surface area contributed by atoms with E-state index in [0.717, 1.165) is 37.9 Å². The molecule has 4 rings (SSSR count). The van der Waals surface area contributed by atoms with Crippen LogP contribution in [0.3, 0.4) is 0 Å². The number of carbonyl (C=O) groups excluding carboxylic acids is 1. The zero-order chi connectivity index (χ0) is 17.6. The Balaban J connectivity index is 1.68. The number of nitrogens with one attached hydrogen (secondary N) is 1. The standard InChI is InChI=1S/C18H20N4O3/c19-16-15(17(24)20-18(25)22(16)12-7-8-12)14(23)10-21-9-3-5-11-4-1-2-6-13(11)21/h1-2,4,6,12H,3,5,7-10,19H2,(H,20,24,25). The summed E-state index contributed by atoms with van der Waals surface area (Å²) in [6.07, 6.45) is 3.61. The summed E-state index contributed by atoms with van der Waals surface area (Å²) in [4.78, 5) is 41.2. The molecule has 130 valence electrons. The zero-order valence-electron chi connectivity index (χ0n) is 13.8. The normalized spacial score (nSPS) is 16.6. The summed E-state index contributed by atoms with van der Waals surface area (Å²) in [5.74, 6) is -0.364. The summed E-state index contributed by atoms with van der Waals surface area (Å²) in [6, 6.07) is 7.96. The van der Waals surface area contributed by atoms with E-state index in [9.17, 15) is 14.4 Å². The van der Waals surface area contributed by atoms with Crippen LogP contribution in [0.1, 0.15) is 41.2 Å². The van der Waals surface area contributed by atoms with Crippen molar-refractivity contribution in [2.45, 2.75) is 31.7 Å². The van der Waals surface area contributed by atoms with Crippen molar-refractivity contribution in [3.63, 3.8) is 0 Å². The van der Waals surface area contributed by atoms with Crippen molar-refractivity contribution in [2.24, 2.45) is 0 Å². The first-order chi connectivity index (χ1) is 12.1. The largest absolute Gasteiger partial charge is 0.384 e. The zero-order valence-corrected chi connectivity index (χ0v) is 13.8. The number of aryl methyl sites for hydroxylation is 1. The number of fused-ring (bicyclic) bond motifs is 1. The summed E-state index contributed by atoms with van der Waals surface area (Å²) in [5, 5.41) is 0. The number of benzene rings is 1. The average molecular weight is 340 g/mol. The first-order valence-electron chi connectivity index (χ1n) is 8.56. The summed E-state index contributed by atoms with van der Waals surface area (Å²) in [6.45, 7) is 0.829. The number of ketones is 1. The molecule has 0 atom stereocenters. The minimum atomic E-state index is -0.699. The summed E-state index contributed by atoms with van der Waals surface area (Å²) >= 11 is 0. The maximum absolute atomic E-state index is 12.8. The number of Topliss-reactive ketones (excluding diaryl/α,β-unsaturated/α-hetero) is 1. The fraction of sp³-hybridized carbons (Fsp3) is 0.389. The van der Waals surface area contributed by atoms with Crippen LogP contribution < -0.4 is 21.9 Å². The summed E-state index contributed by atoms with van der Waals surface area (Å²) in [5.41, 5.74) is 6.91. The average Bonchev–Trinajstić information content (AvgIpc) is 3.39. The van der Waals surface area contributed by atoms with Gasteiger partial charge in [0.15, 0.2) is 5.78 Å². The fourth-order valence-corrected chi connectivity index (χ4v) is 3.56. The second kappa shape index (κ2) is 5.91. The van der Waals surface area contributed by atoms with Gasteiger partial charge in [-0.05, 0) is 37.3 Å². The van der Waals surface area contributed by atoms with E-state index in [2.05, 4.69) is 11.1 Å². The van der Waals surface area contributed by atoms with Crippen LogP contribution in [0.5, 0.6) is 0 Å². The van der Waals surface area contributed by atoms with Crippen LogP contribution in [0.15, 0.2) is 33.9 Å². The van der Waals surface area contributed by atoms with Crippen molar-refractivity contribution in [1.82, 2.24) is 9.55 Å². The summed E-state index contributed by atoms with van der Waals surface area (Å²) in [7, 11) is 0. The summed E-state index contributed by atoms with van der Waals surface area (Å²) < 4.78 is 1.35. The molecule has 0 radical (unpaired) electrons. The van der Waals surface area contributed by atoms with E-state index in [-0.39, 0.29) is 29.8 Å². The van der Waals surface area contributed by atoms with Gasteiger partial charge in [0.1, 0.15) is 11.4 Å². The minimum absolute atomic E-state index is 0.00777. The third-order valence-corrected chi connectivity index (χ3v) is 4.91. The van der Waals surface area contributed by atoms with Crippen molar-refractivity contribution >= 4 is 17.3 Å². The van der Waals surface area contributed by atoms with Crippen LogP contribution in [-0.2, 0) is 6.42 Å². The number of hydrogen-bond acceptors (Lipinski definition) is 5. The second-order valence-corrected chi connectivity index (χ2v) is 6.70. The highest BCUT2D eigenvalue weighted by Crippen LogP contribution is 2.35. The Hall–Kier alpha value is -2.83. The molecule has 1 aliphatic carbocycles. The van der Waals surface area contributed by atoms with Gasteiger partial charge in [0.05, 0.1) is 6.54 Å². The topological polar surface area (TPSA) is 101 Å². The lowest BCUT2D eigenvalue weighted by molar-refractivity contribution is 0.0997. The molecule has 1 aromatic carbocycles. The van der Waals surface area contributed by atoms with E-state index in [1.165, 1.54) is 10.1 Å². The SMILES string of the molecule is Nc1c(C(=O)CN2CCCc3ccccc32)c(=O)[nH]c(=O)n1C1CC1. The predicted molar refractivity (Wildman–Crippen MR) is 95.3 cm³/mol. The molecule has 1 fully saturated rings. The van der Waals surface area contributed by atoms with Gasteiger partial charge in [0.2, 0.25) is 0 Å². The van der Waals surface area contributed by atoms with Crippen LogP contribution in [0.2, 0.25) is 0 Å². The molecule has 0 spiro atoms. The molecular weight excluding hydrogens is 320 g/mol. The van der Waals surface area contributed by atoms with Crippen molar-refractivity contribution in [2.75, 3.05) is 23.7 Å². The number of aromatic nitrogens is 2. The Morgan fingerprint density at radius 3 is 2.76 bits per heavy atom. The lowest BCUT2D eigenvalue weighted by Crippen LogP contribution is -2.40. The first-order valence-corrected chi connectivity index (χ1v) is 8.56. The monoisotopic (exact) mass is 340 g/mol. The number of H-pyrrole nitrogens is 1. The van der Waals surface area contributed by atoms with Crippen molar-refractivity contribution in [3.8, 4) is 0 Å². The van der Waals surface area contributed by atoms with Crippen molar-refractivity contribution < 1.29 is 4.79 Å². The number of para-hydroxylation sites is 1. The maximum Gasteiger partial charge on any atom is 0.330 e. The number of nitrogens with zero attached hydrogens (tertiary/aromatic N) is 2. The van der Waals surface area contributed by atoms with Crippen LogP contribution >= 0.6 is 0 Å². The van der Waals surface area contributed by atoms with Gasteiger partial charge in [0, 0.05) is 18.3 Å². The molecule has 25 heavy (non-hydrogen) atoms. The Labute approximate surface area is 144 Å². The van der Waals surface area contributed by atoms with Gasteiger partial charge >= 0.3 is 5.69 Å². The number of rotatable bonds is 4. The number of aromatic amines is 1. The molecule has 0 bridgehead atoms. The van der Waals surface area contributed by atoms with Gasteiger partial charge in [-0.15, -0.1) is 0 Å². The van der Waals surface area contributed by atoms with E-state index in [4.69, 9.17) is 5.73 Å². The van der Waals surface area contributed by atoms with Gasteiger partial charge in [-0.2, -0.15) is 0 Å². The lowest BCUT2D eigenvalue weighted by atomic mass is 10.0. The van der Waals surface area contributed by atoms with Crippen LogP contribution in [0, 0.1) is 0 Å². The molecule has 2 heterocycles. The molecule has 2 aliphatic rings. The quantitative estimate of drug-likeness (QED) is 0.811. The lowest BCUT2D eigenvalue weighted by Gasteiger charge is -2.30. The molecule has 7 heteroatoms. The number of nitrogens with two attached hydrogens (primary N) is 1. The Kier molecular flexibility index (Phi) is 3.71. The highest BCUT2D eigenvalue weighted by atomic mass is 16.2. The van der Waals surface area contributed by atoms with Gasteiger partial charge in [0.25, 0.3) is 5.56 Å². The van der Waals surface area contributed by atoms with Gasteiger partial charge in [-0.3, -0.25) is 19.1 Å². The molecular formula is C18H20N4O3. The van der Waals surface area contributed by atoms with Crippen LogP contribution in [0.25, 0.3) is 0 Å². The third-order valence-electron chi connectivity index (χ3n) is 4.91. The van der Waals surface area contributed by atoms with Gasteiger partial charge in [-0.25, -0.2) is 4.79 Å². The van der Waals surface area contributed by atoms with E-state index in [0.29, 0.717) is 0 Å². The highest BCUT2D eigenvalue weighted by molar-refractivity contribution is 6.02. The molecule has 0 unspecified atom stereocenters. The van der Waals surface area contributed by atoms with E-state index >= 15 is 0 Å². The first kappa shape index (κ1) is 15.7. The van der Waals surface area contributed by atoms with Crippen molar-refractivity contribution in [1.29, 1.82) is 0 Å². The molecule has 7 nitrogen and oxygen atoms in total. The van der Waals surface area contributed by atoms with E-state index in [1.807, 2.05) is 23.1 Å². The molecule has 2 aromatic rings. The second-order valence-electron chi connectivity index (χ2n) is 6.70. The number of nitrogen functional groups attached to an aromatic ring is 1. The van der Waals surface area contributed by atoms with Gasteiger partial charge < -0.3 is 10.6 Å². The molecule has 1 aromatic heterocycles. The number of carbonyl (C=O) groups is 1. The maximum atomic E-state index is 12.8. The molecule has 1 saturated carbocycles. The van der Waals surface area contributed by atoms with Crippen molar-refractivity contribution in [3.05, 3.63) is 56.2 Å². The van der Waals surface area contributed by atoms with Crippen LogP contribution in [0.4, 0.5) is 11.5 Å². The van der Waals surface area contributed by atoms with E-state index < -0.39 is 11.2 Å². The minimum Gasteiger partial charge on any atom is -0.384 e. The van der Waals surface area contributed by atoms with Crippen LogP contribution in [-0.4, -0.2) is 28.4 Å². The Morgan fingerprint density at radius 1 is 1.24 bits per heavy atom.